The average molecular weight is 351 g/mol. The van der Waals surface area contributed by atoms with E-state index in [4.69, 9.17) is 18.0 Å². The van der Waals surface area contributed by atoms with Gasteiger partial charge in [0, 0.05) is 24.2 Å². The Morgan fingerprint density at radius 2 is 1.96 bits per heavy atom. The van der Waals surface area contributed by atoms with Crippen LogP contribution >= 0.6 is 24.0 Å². The number of amides is 3. The second-order valence-electron chi connectivity index (χ2n) is 5.05. The van der Waals surface area contributed by atoms with Crippen LogP contribution in [-0.2, 0) is 9.59 Å². The molecule has 1 aromatic rings. The van der Waals surface area contributed by atoms with Crippen LogP contribution in [0.15, 0.2) is 24.3 Å². The smallest absolute Gasteiger partial charge is 0.248 e. The molecule has 23 heavy (non-hydrogen) atoms. The maximum Gasteiger partial charge on any atom is 0.248 e. The summed E-state index contributed by atoms with van der Waals surface area (Å²) in [6.45, 7) is 0.561. The number of nitrogens with two attached hydrogens (primary N) is 1. The molecule has 2 rings (SSSR count). The Balaban J connectivity index is 1.70. The summed E-state index contributed by atoms with van der Waals surface area (Å²) in [5, 5.41) is 2.75. The Kier molecular flexibility index (Phi) is 6.12. The van der Waals surface area contributed by atoms with Gasteiger partial charge in [-0.25, -0.2) is 0 Å². The molecule has 6 nitrogen and oxygen atoms in total. The maximum atomic E-state index is 11.8. The molecule has 1 aromatic carbocycles. The lowest BCUT2D eigenvalue weighted by Crippen LogP contribution is -2.29. The summed E-state index contributed by atoms with van der Waals surface area (Å²) in [6.07, 6.45) is 1.75. The molecule has 0 radical (unpaired) electrons. The number of thioether (sulfide) groups is 1. The van der Waals surface area contributed by atoms with Gasteiger partial charge in [-0.15, -0.1) is 0 Å². The van der Waals surface area contributed by atoms with Gasteiger partial charge >= 0.3 is 0 Å². The predicted molar refractivity (Wildman–Crippen MR) is 94.2 cm³/mol. The van der Waals surface area contributed by atoms with Crippen molar-refractivity contribution < 1.29 is 14.4 Å². The number of primary amides is 1. The number of benzene rings is 1. The Hall–Kier alpha value is -1.93. The van der Waals surface area contributed by atoms with E-state index >= 15 is 0 Å². The molecule has 0 spiro atoms. The Bertz CT molecular complexity index is 615. The Morgan fingerprint density at radius 3 is 2.52 bits per heavy atom. The molecule has 3 amide bonds. The molecule has 0 aliphatic carbocycles. The summed E-state index contributed by atoms with van der Waals surface area (Å²) in [5.74, 6) is -0.156. The number of anilines is 1. The van der Waals surface area contributed by atoms with E-state index in [0.717, 1.165) is 6.42 Å². The number of unbranched alkanes of at least 4 members (excludes halogenated alkanes) is 1. The number of nitrogens with zero attached hydrogens (tertiary/aromatic N) is 1. The van der Waals surface area contributed by atoms with Gasteiger partial charge in [-0.2, -0.15) is 0 Å². The molecule has 122 valence electrons. The molecule has 1 fully saturated rings. The van der Waals surface area contributed by atoms with Crippen molar-refractivity contribution in [2.24, 2.45) is 5.73 Å². The highest BCUT2D eigenvalue weighted by Crippen LogP contribution is 2.19. The fraction of sp³-hybridized carbons (Fsp3) is 0.333. The third kappa shape index (κ3) is 5.04. The monoisotopic (exact) mass is 351 g/mol. The van der Waals surface area contributed by atoms with Crippen molar-refractivity contribution in [2.45, 2.75) is 19.3 Å². The minimum absolute atomic E-state index is 0.0407. The van der Waals surface area contributed by atoms with Crippen LogP contribution in [0.2, 0.25) is 0 Å². The van der Waals surface area contributed by atoms with Crippen molar-refractivity contribution in [1.82, 2.24) is 4.90 Å². The van der Waals surface area contributed by atoms with E-state index < -0.39 is 5.91 Å². The lowest BCUT2D eigenvalue weighted by atomic mass is 10.2. The highest BCUT2D eigenvalue weighted by atomic mass is 32.2. The zero-order chi connectivity index (χ0) is 16.8. The first-order valence-electron chi connectivity index (χ1n) is 7.14. The van der Waals surface area contributed by atoms with Crippen LogP contribution in [0.4, 0.5) is 5.69 Å². The van der Waals surface area contributed by atoms with Crippen molar-refractivity contribution in [3.63, 3.8) is 0 Å². The van der Waals surface area contributed by atoms with E-state index in [1.54, 1.807) is 29.2 Å². The van der Waals surface area contributed by atoms with Gasteiger partial charge in [0.15, 0.2) is 0 Å². The second kappa shape index (κ2) is 8.07. The van der Waals surface area contributed by atoms with Gasteiger partial charge in [0.2, 0.25) is 17.7 Å². The molecule has 1 saturated heterocycles. The molecule has 1 heterocycles. The van der Waals surface area contributed by atoms with Gasteiger partial charge in [-0.3, -0.25) is 19.3 Å². The number of carbonyl (C=O) groups excluding carboxylic acids is 3. The second-order valence-corrected chi connectivity index (χ2v) is 6.66. The summed E-state index contributed by atoms with van der Waals surface area (Å²) in [6, 6.07) is 6.40. The Labute approximate surface area is 143 Å². The minimum atomic E-state index is -0.504. The highest BCUT2D eigenvalue weighted by Gasteiger charge is 2.25. The summed E-state index contributed by atoms with van der Waals surface area (Å²) < 4.78 is 0.619. The fourth-order valence-corrected chi connectivity index (χ4v) is 3.22. The number of hydrogen-bond acceptors (Lipinski definition) is 5. The summed E-state index contributed by atoms with van der Waals surface area (Å²) in [7, 11) is 0. The van der Waals surface area contributed by atoms with Crippen molar-refractivity contribution in [2.75, 3.05) is 17.6 Å². The molecule has 0 unspecified atom stereocenters. The van der Waals surface area contributed by atoms with Crippen LogP contribution in [-0.4, -0.2) is 39.2 Å². The van der Waals surface area contributed by atoms with Crippen molar-refractivity contribution in [3.05, 3.63) is 29.8 Å². The first kappa shape index (κ1) is 17.4. The SMILES string of the molecule is NC(=O)c1ccc(NC(=O)CCCCN2C(=O)CSC2=S)cc1. The molecule has 0 bridgehead atoms. The standard InChI is InChI=1S/C15H17N3O3S2/c16-14(21)10-4-6-11(7-5-10)17-12(19)3-1-2-8-18-13(20)9-23-15(18)22/h4-7H,1-3,8-9H2,(H2,16,21)(H,17,19). The lowest BCUT2D eigenvalue weighted by molar-refractivity contribution is -0.124. The van der Waals surface area contributed by atoms with Crippen LogP contribution < -0.4 is 11.1 Å². The summed E-state index contributed by atoms with van der Waals surface area (Å²) >= 11 is 6.47. The number of rotatable bonds is 7. The molecule has 1 aliphatic heterocycles. The number of thiocarbonyl (C=S) groups is 1. The van der Waals surface area contributed by atoms with E-state index in [9.17, 15) is 14.4 Å². The van der Waals surface area contributed by atoms with E-state index in [1.165, 1.54) is 11.8 Å². The molecule has 3 N–H and O–H groups in total. The van der Waals surface area contributed by atoms with E-state index in [1.807, 2.05) is 0 Å². The van der Waals surface area contributed by atoms with E-state index in [0.29, 0.717) is 40.7 Å². The third-order valence-electron chi connectivity index (χ3n) is 3.33. The molecule has 0 aromatic heterocycles. The zero-order valence-corrected chi connectivity index (χ0v) is 14.0. The topological polar surface area (TPSA) is 92.5 Å². The first-order valence-corrected chi connectivity index (χ1v) is 8.53. The molecule has 1 aliphatic rings. The lowest BCUT2D eigenvalue weighted by Gasteiger charge is -2.14. The minimum Gasteiger partial charge on any atom is -0.366 e. The fourth-order valence-electron chi connectivity index (χ4n) is 2.09. The van der Waals surface area contributed by atoms with E-state index in [2.05, 4.69) is 5.32 Å². The third-order valence-corrected chi connectivity index (χ3v) is 4.76. The van der Waals surface area contributed by atoms with Crippen LogP contribution in [0.5, 0.6) is 0 Å². The summed E-state index contributed by atoms with van der Waals surface area (Å²) in [4.78, 5) is 35.9. The van der Waals surface area contributed by atoms with Gasteiger partial charge in [-0.1, -0.05) is 24.0 Å². The van der Waals surface area contributed by atoms with Gasteiger partial charge in [0.1, 0.15) is 4.32 Å². The largest absolute Gasteiger partial charge is 0.366 e. The first-order chi connectivity index (χ1) is 11.0. The van der Waals surface area contributed by atoms with Crippen LogP contribution in [0.3, 0.4) is 0 Å². The molecular formula is C15H17N3O3S2. The van der Waals surface area contributed by atoms with Crippen LogP contribution in [0.1, 0.15) is 29.6 Å². The normalized spacial score (nSPS) is 14.2. The van der Waals surface area contributed by atoms with Crippen molar-refractivity contribution in [3.8, 4) is 0 Å². The molecule has 0 saturated carbocycles. The Morgan fingerprint density at radius 1 is 1.26 bits per heavy atom. The van der Waals surface area contributed by atoms with Crippen LogP contribution in [0.25, 0.3) is 0 Å². The highest BCUT2D eigenvalue weighted by molar-refractivity contribution is 8.23. The average Bonchev–Trinajstić information content (AvgIpc) is 2.83. The van der Waals surface area contributed by atoms with Gasteiger partial charge in [0.05, 0.1) is 5.75 Å². The molecule has 8 heteroatoms. The zero-order valence-electron chi connectivity index (χ0n) is 12.4. The summed E-state index contributed by atoms with van der Waals surface area (Å²) in [5.41, 5.74) is 6.17. The van der Waals surface area contributed by atoms with Crippen molar-refractivity contribution >= 4 is 51.7 Å². The molecular weight excluding hydrogens is 334 g/mol. The van der Waals surface area contributed by atoms with Gasteiger partial charge in [0.25, 0.3) is 0 Å². The van der Waals surface area contributed by atoms with Gasteiger partial charge in [-0.05, 0) is 37.1 Å². The number of carbonyl (C=O) groups is 3. The molecule has 0 atom stereocenters. The van der Waals surface area contributed by atoms with Crippen molar-refractivity contribution in [1.29, 1.82) is 0 Å². The maximum absolute atomic E-state index is 11.8. The number of hydrogen-bond donors (Lipinski definition) is 2. The van der Waals surface area contributed by atoms with Gasteiger partial charge < -0.3 is 11.1 Å². The quantitative estimate of drug-likeness (QED) is 0.577. The van der Waals surface area contributed by atoms with E-state index in [-0.39, 0.29) is 11.8 Å². The predicted octanol–water partition coefficient (Wildman–Crippen LogP) is 1.75. The van der Waals surface area contributed by atoms with Crippen LogP contribution in [0, 0.1) is 0 Å². The number of nitrogens with one attached hydrogen (secondary N) is 1.